The minimum atomic E-state index is -0.470. The Balaban J connectivity index is 2.18. The Morgan fingerprint density at radius 1 is 1.37 bits per heavy atom. The first kappa shape index (κ1) is 12.3. The average Bonchev–Trinajstić information content (AvgIpc) is 2.83. The third kappa shape index (κ3) is 2.28. The van der Waals surface area contributed by atoms with E-state index in [1.54, 1.807) is 17.1 Å². The topological polar surface area (TPSA) is 73.8 Å². The van der Waals surface area contributed by atoms with Crippen LogP contribution in [0.4, 0.5) is 0 Å². The minimum absolute atomic E-state index is 0.427. The van der Waals surface area contributed by atoms with E-state index in [0.29, 0.717) is 11.4 Å². The molecule has 2 N–H and O–H groups in total. The van der Waals surface area contributed by atoms with Crippen LogP contribution in [0.2, 0.25) is 0 Å². The highest BCUT2D eigenvalue weighted by atomic mass is 79.9. The highest BCUT2D eigenvalue weighted by molar-refractivity contribution is 9.10. The van der Waals surface area contributed by atoms with Gasteiger partial charge in [-0.15, -0.1) is 0 Å². The number of primary amides is 1. The van der Waals surface area contributed by atoms with E-state index < -0.39 is 5.91 Å². The summed E-state index contributed by atoms with van der Waals surface area (Å²) in [5.41, 5.74) is 8.08. The maximum atomic E-state index is 11.6. The van der Waals surface area contributed by atoms with Crippen LogP contribution in [0.25, 0.3) is 5.82 Å². The van der Waals surface area contributed by atoms with Gasteiger partial charge in [-0.3, -0.25) is 4.79 Å². The van der Waals surface area contributed by atoms with E-state index in [0.717, 1.165) is 41.4 Å². The molecule has 2 aromatic heterocycles. The van der Waals surface area contributed by atoms with E-state index >= 15 is 0 Å². The zero-order valence-corrected chi connectivity index (χ0v) is 11.9. The molecule has 0 radical (unpaired) electrons. The van der Waals surface area contributed by atoms with E-state index in [1.807, 2.05) is 6.07 Å². The lowest BCUT2D eigenvalue weighted by Crippen LogP contribution is -2.19. The normalized spacial score (nSPS) is 14.2. The molecule has 0 aliphatic heterocycles. The van der Waals surface area contributed by atoms with Gasteiger partial charge in [-0.1, -0.05) is 0 Å². The first-order valence-corrected chi connectivity index (χ1v) is 6.97. The van der Waals surface area contributed by atoms with Crippen LogP contribution >= 0.6 is 15.9 Å². The molecule has 2 aromatic rings. The maximum Gasteiger partial charge on any atom is 0.252 e. The van der Waals surface area contributed by atoms with Gasteiger partial charge in [0.25, 0.3) is 5.91 Å². The SMILES string of the molecule is NC(=O)c1cc2c(nc1-n1cc(Br)cn1)CCCC2. The predicted molar refractivity (Wildman–Crippen MR) is 74.2 cm³/mol. The van der Waals surface area contributed by atoms with Gasteiger partial charge >= 0.3 is 0 Å². The molecule has 0 saturated carbocycles. The summed E-state index contributed by atoms with van der Waals surface area (Å²) in [5.74, 6) is 0.0429. The van der Waals surface area contributed by atoms with Gasteiger partial charge in [-0.25, -0.2) is 9.67 Å². The highest BCUT2D eigenvalue weighted by Gasteiger charge is 2.19. The van der Waals surface area contributed by atoms with Gasteiger partial charge < -0.3 is 5.73 Å². The first-order chi connectivity index (χ1) is 9.15. The second kappa shape index (κ2) is 4.77. The molecule has 0 spiro atoms. The van der Waals surface area contributed by atoms with Gasteiger partial charge in [-0.05, 0) is 53.2 Å². The van der Waals surface area contributed by atoms with E-state index in [1.165, 1.54) is 0 Å². The Kier molecular flexibility index (Phi) is 3.10. The van der Waals surface area contributed by atoms with Gasteiger partial charge in [0.05, 0.1) is 16.2 Å². The average molecular weight is 321 g/mol. The van der Waals surface area contributed by atoms with Gasteiger partial charge in [-0.2, -0.15) is 5.10 Å². The van der Waals surface area contributed by atoms with E-state index in [9.17, 15) is 4.79 Å². The van der Waals surface area contributed by atoms with E-state index in [-0.39, 0.29) is 0 Å². The molecule has 19 heavy (non-hydrogen) atoms. The van der Waals surface area contributed by atoms with Crippen molar-refractivity contribution in [2.75, 3.05) is 0 Å². The number of fused-ring (bicyclic) bond motifs is 1. The molecule has 0 atom stereocenters. The van der Waals surface area contributed by atoms with Crippen LogP contribution in [0.3, 0.4) is 0 Å². The summed E-state index contributed by atoms with van der Waals surface area (Å²) in [6, 6.07) is 1.87. The molecule has 0 saturated heterocycles. The molecule has 0 fully saturated rings. The van der Waals surface area contributed by atoms with E-state index in [2.05, 4.69) is 26.0 Å². The molecule has 1 aliphatic rings. The van der Waals surface area contributed by atoms with Crippen LogP contribution in [0, 0.1) is 0 Å². The number of carbonyl (C=O) groups is 1. The minimum Gasteiger partial charge on any atom is -0.365 e. The Bertz CT molecular complexity index is 650. The van der Waals surface area contributed by atoms with Crippen molar-refractivity contribution in [3.05, 3.63) is 39.8 Å². The van der Waals surface area contributed by atoms with Crippen molar-refractivity contribution in [1.29, 1.82) is 0 Å². The largest absolute Gasteiger partial charge is 0.365 e. The smallest absolute Gasteiger partial charge is 0.252 e. The van der Waals surface area contributed by atoms with Crippen molar-refractivity contribution in [2.45, 2.75) is 25.7 Å². The first-order valence-electron chi connectivity index (χ1n) is 6.18. The number of rotatable bonds is 2. The zero-order chi connectivity index (χ0) is 13.4. The molecular weight excluding hydrogens is 308 g/mol. The van der Waals surface area contributed by atoms with E-state index in [4.69, 9.17) is 5.73 Å². The van der Waals surface area contributed by atoms with Crippen molar-refractivity contribution in [3.8, 4) is 5.82 Å². The molecule has 3 rings (SSSR count). The van der Waals surface area contributed by atoms with Crippen LogP contribution in [0.5, 0.6) is 0 Å². The van der Waals surface area contributed by atoms with Crippen molar-refractivity contribution >= 4 is 21.8 Å². The molecule has 0 bridgehead atoms. The molecule has 2 heterocycles. The number of pyridine rings is 1. The molecule has 0 aromatic carbocycles. The van der Waals surface area contributed by atoms with Crippen molar-refractivity contribution in [1.82, 2.24) is 14.8 Å². The van der Waals surface area contributed by atoms with Gasteiger partial charge in [0.15, 0.2) is 5.82 Å². The van der Waals surface area contributed by atoms with Crippen LogP contribution in [0.15, 0.2) is 22.9 Å². The number of hydrogen-bond donors (Lipinski definition) is 1. The Hall–Kier alpha value is -1.69. The fourth-order valence-corrected chi connectivity index (χ4v) is 2.68. The lowest BCUT2D eigenvalue weighted by Gasteiger charge is -2.17. The molecule has 6 heteroatoms. The molecule has 1 amide bonds. The van der Waals surface area contributed by atoms with Crippen molar-refractivity contribution < 1.29 is 4.79 Å². The molecular formula is C13H13BrN4O. The number of aromatic nitrogens is 3. The quantitative estimate of drug-likeness (QED) is 0.919. The van der Waals surface area contributed by atoms with Crippen molar-refractivity contribution in [3.63, 3.8) is 0 Å². The molecule has 5 nitrogen and oxygen atoms in total. The van der Waals surface area contributed by atoms with Crippen LogP contribution in [-0.4, -0.2) is 20.7 Å². The fraction of sp³-hybridized carbons (Fsp3) is 0.308. The highest BCUT2D eigenvalue weighted by Crippen LogP contribution is 2.24. The summed E-state index contributed by atoms with van der Waals surface area (Å²) >= 11 is 3.34. The lowest BCUT2D eigenvalue weighted by molar-refractivity contribution is 0.0999. The van der Waals surface area contributed by atoms with Gasteiger partial charge in [0, 0.05) is 11.9 Å². The Labute approximate surface area is 119 Å². The number of aryl methyl sites for hydroxylation is 2. The fourth-order valence-electron chi connectivity index (χ4n) is 2.40. The summed E-state index contributed by atoms with van der Waals surface area (Å²) in [5, 5.41) is 4.18. The predicted octanol–water partition coefficient (Wildman–Crippen LogP) is 2.01. The zero-order valence-electron chi connectivity index (χ0n) is 10.3. The molecule has 0 unspecified atom stereocenters. The summed E-state index contributed by atoms with van der Waals surface area (Å²) in [4.78, 5) is 16.2. The van der Waals surface area contributed by atoms with Gasteiger partial charge in [0.2, 0.25) is 0 Å². The maximum absolute atomic E-state index is 11.6. The van der Waals surface area contributed by atoms with Crippen molar-refractivity contribution in [2.24, 2.45) is 5.73 Å². The summed E-state index contributed by atoms with van der Waals surface area (Å²) in [6.45, 7) is 0. The number of nitrogens with two attached hydrogens (primary N) is 1. The summed E-state index contributed by atoms with van der Waals surface area (Å²) in [7, 11) is 0. The van der Waals surface area contributed by atoms with Gasteiger partial charge in [0.1, 0.15) is 0 Å². The summed E-state index contributed by atoms with van der Waals surface area (Å²) in [6.07, 6.45) is 7.61. The van der Waals surface area contributed by atoms with Crippen LogP contribution < -0.4 is 5.73 Å². The third-order valence-corrected chi connectivity index (χ3v) is 3.72. The lowest BCUT2D eigenvalue weighted by atomic mass is 9.94. The second-order valence-corrected chi connectivity index (χ2v) is 5.56. The number of amides is 1. The Morgan fingerprint density at radius 2 is 2.16 bits per heavy atom. The number of halogens is 1. The number of nitrogens with zero attached hydrogens (tertiary/aromatic N) is 3. The van der Waals surface area contributed by atoms with Crippen LogP contribution in [-0.2, 0) is 12.8 Å². The molecule has 1 aliphatic carbocycles. The Morgan fingerprint density at radius 3 is 2.84 bits per heavy atom. The number of hydrogen-bond acceptors (Lipinski definition) is 3. The second-order valence-electron chi connectivity index (χ2n) is 4.64. The number of carbonyl (C=O) groups excluding carboxylic acids is 1. The third-order valence-electron chi connectivity index (χ3n) is 3.31. The monoisotopic (exact) mass is 320 g/mol. The standard InChI is InChI=1S/C13H13BrN4O/c14-9-6-16-18(7-9)13-10(12(15)19)5-8-3-1-2-4-11(8)17-13/h5-7H,1-4H2,(H2,15,19). The van der Waals surface area contributed by atoms with Crippen LogP contribution in [0.1, 0.15) is 34.5 Å². The summed E-state index contributed by atoms with van der Waals surface area (Å²) < 4.78 is 2.42. The molecule has 98 valence electrons.